The van der Waals surface area contributed by atoms with Gasteiger partial charge in [-0.05, 0) is 41.8 Å². The Balaban J connectivity index is 2.06. The summed E-state index contributed by atoms with van der Waals surface area (Å²) in [6.45, 7) is 2.84. The SMILES string of the molecule is CCC(NCc1ccc(C#N)cc1)c1ccc(Cl)cc1Cl. The van der Waals surface area contributed by atoms with Crippen molar-refractivity contribution in [2.45, 2.75) is 25.9 Å². The number of nitrogens with zero attached hydrogens (tertiary/aromatic N) is 1. The predicted octanol–water partition coefficient (Wildman–Crippen LogP) is 5.11. The number of nitriles is 1. The second kappa shape index (κ2) is 7.47. The normalized spacial score (nSPS) is 11.9. The zero-order valence-corrected chi connectivity index (χ0v) is 13.2. The van der Waals surface area contributed by atoms with Gasteiger partial charge >= 0.3 is 0 Å². The van der Waals surface area contributed by atoms with Gasteiger partial charge in [-0.3, -0.25) is 0 Å². The predicted molar refractivity (Wildman–Crippen MR) is 87.5 cm³/mol. The molecule has 0 heterocycles. The highest BCUT2D eigenvalue weighted by Crippen LogP contribution is 2.28. The maximum Gasteiger partial charge on any atom is 0.0991 e. The topological polar surface area (TPSA) is 35.8 Å². The first-order valence-corrected chi connectivity index (χ1v) is 7.57. The number of benzene rings is 2. The van der Waals surface area contributed by atoms with E-state index in [0.29, 0.717) is 15.6 Å². The van der Waals surface area contributed by atoms with Crippen molar-refractivity contribution in [3.63, 3.8) is 0 Å². The monoisotopic (exact) mass is 318 g/mol. The lowest BCUT2D eigenvalue weighted by Crippen LogP contribution is -2.20. The van der Waals surface area contributed by atoms with Crippen molar-refractivity contribution >= 4 is 23.2 Å². The minimum absolute atomic E-state index is 0.172. The van der Waals surface area contributed by atoms with E-state index >= 15 is 0 Å². The molecule has 1 atom stereocenters. The zero-order chi connectivity index (χ0) is 15.2. The summed E-state index contributed by atoms with van der Waals surface area (Å²) >= 11 is 12.2. The van der Waals surface area contributed by atoms with Gasteiger partial charge in [0.25, 0.3) is 0 Å². The van der Waals surface area contributed by atoms with Crippen molar-refractivity contribution in [1.82, 2.24) is 5.32 Å². The summed E-state index contributed by atoms with van der Waals surface area (Å²) in [6.07, 6.45) is 0.928. The quantitative estimate of drug-likeness (QED) is 0.831. The Kier molecular flexibility index (Phi) is 5.64. The molecule has 0 bridgehead atoms. The van der Waals surface area contributed by atoms with Crippen LogP contribution in [0.15, 0.2) is 42.5 Å². The Hall–Kier alpha value is -1.53. The number of halogens is 2. The first-order chi connectivity index (χ1) is 10.1. The van der Waals surface area contributed by atoms with E-state index in [4.69, 9.17) is 28.5 Å². The van der Waals surface area contributed by atoms with Gasteiger partial charge in [0.05, 0.1) is 11.6 Å². The molecule has 2 nitrogen and oxygen atoms in total. The molecule has 1 unspecified atom stereocenters. The molecule has 108 valence electrons. The largest absolute Gasteiger partial charge is 0.306 e. The fourth-order valence-electron chi connectivity index (χ4n) is 2.20. The molecule has 0 aliphatic rings. The lowest BCUT2D eigenvalue weighted by molar-refractivity contribution is 0.519. The zero-order valence-electron chi connectivity index (χ0n) is 11.7. The van der Waals surface area contributed by atoms with Gasteiger partial charge in [-0.2, -0.15) is 5.26 Å². The van der Waals surface area contributed by atoms with Gasteiger partial charge in [-0.25, -0.2) is 0 Å². The first kappa shape index (κ1) is 15.9. The van der Waals surface area contributed by atoms with Crippen molar-refractivity contribution < 1.29 is 0 Å². The van der Waals surface area contributed by atoms with Crippen molar-refractivity contribution in [2.24, 2.45) is 0 Å². The number of rotatable bonds is 5. The third-order valence-electron chi connectivity index (χ3n) is 3.38. The molecule has 0 saturated heterocycles. The van der Waals surface area contributed by atoms with Crippen LogP contribution >= 0.6 is 23.2 Å². The summed E-state index contributed by atoms with van der Waals surface area (Å²) in [7, 11) is 0. The number of hydrogen-bond donors (Lipinski definition) is 1. The number of nitrogens with one attached hydrogen (secondary N) is 1. The summed E-state index contributed by atoms with van der Waals surface area (Å²) in [5.41, 5.74) is 2.86. The molecule has 1 N–H and O–H groups in total. The van der Waals surface area contributed by atoms with Crippen LogP contribution in [0.4, 0.5) is 0 Å². The molecule has 0 saturated carbocycles. The molecule has 0 radical (unpaired) electrons. The average Bonchev–Trinajstić information content (AvgIpc) is 2.50. The van der Waals surface area contributed by atoms with Crippen LogP contribution in [-0.4, -0.2) is 0 Å². The summed E-state index contributed by atoms with van der Waals surface area (Å²) < 4.78 is 0. The molecule has 21 heavy (non-hydrogen) atoms. The lowest BCUT2D eigenvalue weighted by Gasteiger charge is -2.19. The Morgan fingerprint density at radius 1 is 1.14 bits per heavy atom. The van der Waals surface area contributed by atoms with Gasteiger partial charge < -0.3 is 5.32 Å². The van der Waals surface area contributed by atoms with E-state index in [-0.39, 0.29) is 6.04 Å². The molecule has 2 aromatic rings. The molecule has 0 spiro atoms. The average molecular weight is 319 g/mol. The van der Waals surface area contributed by atoms with Crippen LogP contribution in [0.25, 0.3) is 0 Å². The molecule has 0 fully saturated rings. The van der Waals surface area contributed by atoms with Crippen LogP contribution in [0, 0.1) is 11.3 Å². The van der Waals surface area contributed by atoms with Crippen molar-refractivity contribution in [3.05, 3.63) is 69.2 Å². The summed E-state index contributed by atoms with van der Waals surface area (Å²) in [5, 5.41) is 13.6. The molecule has 0 amide bonds. The third-order valence-corrected chi connectivity index (χ3v) is 3.94. The van der Waals surface area contributed by atoms with Gasteiger partial charge in [0.2, 0.25) is 0 Å². The van der Waals surface area contributed by atoms with Gasteiger partial charge in [0.1, 0.15) is 0 Å². The van der Waals surface area contributed by atoms with E-state index < -0.39 is 0 Å². The van der Waals surface area contributed by atoms with Crippen LogP contribution in [0.3, 0.4) is 0 Å². The molecule has 0 aliphatic carbocycles. The van der Waals surface area contributed by atoms with E-state index in [1.54, 1.807) is 6.07 Å². The van der Waals surface area contributed by atoms with E-state index in [1.807, 2.05) is 36.4 Å². The molecule has 2 aromatic carbocycles. The molecular weight excluding hydrogens is 303 g/mol. The molecule has 0 aromatic heterocycles. The fourth-order valence-corrected chi connectivity index (χ4v) is 2.74. The van der Waals surface area contributed by atoms with Crippen molar-refractivity contribution in [1.29, 1.82) is 5.26 Å². The third kappa shape index (κ3) is 4.22. The maximum atomic E-state index is 8.80. The highest BCUT2D eigenvalue weighted by molar-refractivity contribution is 6.35. The molecule has 0 aliphatic heterocycles. The second-order valence-electron chi connectivity index (χ2n) is 4.82. The highest BCUT2D eigenvalue weighted by Gasteiger charge is 2.12. The Morgan fingerprint density at radius 2 is 1.86 bits per heavy atom. The van der Waals surface area contributed by atoms with Gasteiger partial charge in [0.15, 0.2) is 0 Å². The minimum atomic E-state index is 0.172. The van der Waals surface area contributed by atoms with E-state index in [2.05, 4.69) is 18.3 Å². The summed E-state index contributed by atoms with van der Waals surface area (Å²) in [5.74, 6) is 0. The summed E-state index contributed by atoms with van der Waals surface area (Å²) in [4.78, 5) is 0. The number of hydrogen-bond acceptors (Lipinski definition) is 2. The Bertz CT molecular complexity index is 645. The Morgan fingerprint density at radius 3 is 2.43 bits per heavy atom. The first-order valence-electron chi connectivity index (χ1n) is 6.81. The second-order valence-corrected chi connectivity index (χ2v) is 5.66. The lowest BCUT2D eigenvalue weighted by atomic mass is 10.0. The van der Waals surface area contributed by atoms with Gasteiger partial charge in [-0.15, -0.1) is 0 Å². The van der Waals surface area contributed by atoms with E-state index in [1.165, 1.54) is 0 Å². The summed E-state index contributed by atoms with van der Waals surface area (Å²) in [6, 6.07) is 15.5. The molecule has 2 rings (SSSR count). The fraction of sp³-hybridized carbons (Fsp3) is 0.235. The smallest absolute Gasteiger partial charge is 0.0991 e. The highest BCUT2D eigenvalue weighted by atomic mass is 35.5. The Labute approximate surface area is 135 Å². The van der Waals surface area contributed by atoms with Crippen LogP contribution in [-0.2, 0) is 6.54 Å². The minimum Gasteiger partial charge on any atom is -0.306 e. The molecular formula is C17H16Cl2N2. The van der Waals surface area contributed by atoms with Gasteiger partial charge in [0, 0.05) is 22.6 Å². The van der Waals surface area contributed by atoms with E-state index in [0.717, 1.165) is 24.1 Å². The van der Waals surface area contributed by atoms with Crippen LogP contribution in [0.1, 0.15) is 36.1 Å². The van der Waals surface area contributed by atoms with Crippen molar-refractivity contribution in [3.8, 4) is 6.07 Å². The van der Waals surface area contributed by atoms with Crippen molar-refractivity contribution in [2.75, 3.05) is 0 Å². The van der Waals surface area contributed by atoms with Crippen LogP contribution in [0.5, 0.6) is 0 Å². The standard InChI is InChI=1S/C17H16Cl2N2/c1-2-17(15-8-7-14(18)9-16(15)19)21-11-13-5-3-12(10-20)4-6-13/h3-9,17,21H,2,11H2,1H3. The van der Waals surface area contributed by atoms with E-state index in [9.17, 15) is 0 Å². The van der Waals surface area contributed by atoms with Crippen LogP contribution in [0.2, 0.25) is 10.0 Å². The van der Waals surface area contributed by atoms with Gasteiger partial charge in [-0.1, -0.05) is 48.3 Å². The molecule has 4 heteroatoms. The van der Waals surface area contributed by atoms with Crippen LogP contribution < -0.4 is 5.32 Å². The maximum absolute atomic E-state index is 8.80.